The van der Waals surface area contributed by atoms with Gasteiger partial charge in [0.1, 0.15) is 0 Å². The van der Waals surface area contributed by atoms with Crippen molar-refractivity contribution in [3.8, 4) is 11.1 Å². The minimum atomic E-state index is 0.616. The van der Waals surface area contributed by atoms with Gasteiger partial charge in [-0.3, -0.25) is 9.78 Å². The number of carbonyl (C=O) groups is 1. The van der Waals surface area contributed by atoms with Crippen molar-refractivity contribution in [1.29, 1.82) is 0 Å². The Morgan fingerprint density at radius 2 is 1.82 bits per heavy atom. The third kappa shape index (κ3) is 2.33. The molecule has 1 aromatic heterocycles. The van der Waals surface area contributed by atoms with Gasteiger partial charge in [0.25, 0.3) is 0 Å². The van der Waals surface area contributed by atoms with Gasteiger partial charge in [0.15, 0.2) is 6.29 Å². The number of pyridine rings is 1. The Hall–Kier alpha value is -2.16. The van der Waals surface area contributed by atoms with Gasteiger partial charge in [-0.2, -0.15) is 0 Å². The Labute approximate surface area is 101 Å². The summed E-state index contributed by atoms with van der Waals surface area (Å²) in [4.78, 5) is 16.9. The Balaban J connectivity index is 2.43. The van der Waals surface area contributed by atoms with E-state index in [1.165, 1.54) is 0 Å². The Morgan fingerprint density at radius 3 is 2.41 bits per heavy atom. The monoisotopic (exact) mass is 226 g/mol. The van der Waals surface area contributed by atoms with E-state index in [-0.39, 0.29) is 0 Å². The molecule has 0 N–H and O–H groups in total. The molecule has 86 valence electrons. The Kier molecular flexibility index (Phi) is 3.19. The molecule has 0 radical (unpaired) electrons. The molecule has 2 rings (SSSR count). The van der Waals surface area contributed by atoms with Crippen LogP contribution in [0.3, 0.4) is 0 Å². The highest BCUT2D eigenvalue weighted by molar-refractivity contribution is 5.87. The van der Waals surface area contributed by atoms with Crippen molar-refractivity contribution in [1.82, 2.24) is 4.98 Å². The zero-order chi connectivity index (χ0) is 12.3. The average molecular weight is 226 g/mol. The highest BCUT2D eigenvalue weighted by Gasteiger charge is 2.04. The lowest BCUT2D eigenvalue weighted by Gasteiger charge is -2.13. The molecular formula is C14H14N2O. The van der Waals surface area contributed by atoms with Crippen LogP contribution < -0.4 is 4.90 Å². The molecule has 2 aromatic rings. The van der Waals surface area contributed by atoms with Gasteiger partial charge in [-0.15, -0.1) is 0 Å². The maximum Gasteiger partial charge on any atom is 0.152 e. The SMILES string of the molecule is CN(C)c1ccc(-c2ccncc2C=O)cc1. The standard InChI is InChI=1S/C14H14N2O/c1-16(2)13-5-3-11(4-6-13)14-7-8-15-9-12(14)10-17/h3-10H,1-2H3. The Bertz CT molecular complexity index is 518. The molecule has 17 heavy (non-hydrogen) atoms. The summed E-state index contributed by atoms with van der Waals surface area (Å²) in [5, 5.41) is 0. The molecule has 1 heterocycles. The van der Waals surface area contributed by atoms with Crippen LogP contribution in [0.4, 0.5) is 5.69 Å². The third-order valence-electron chi connectivity index (χ3n) is 2.67. The molecule has 0 aliphatic rings. The average Bonchev–Trinajstić information content (AvgIpc) is 2.39. The predicted octanol–water partition coefficient (Wildman–Crippen LogP) is 2.63. The van der Waals surface area contributed by atoms with Crippen molar-refractivity contribution in [3.63, 3.8) is 0 Å². The zero-order valence-electron chi connectivity index (χ0n) is 9.92. The molecule has 0 aliphatic heterocycles. The normalized spacial score (nSPS) is 10.0. The van der Waals surface area contributed by atoms with E-state index in [1.807, 2.05) is 49.3 Å². The smallest absolute Gasteiger partial charge is 0.152 e. The number of hydrogen-bond donors (Lipinski definition) is 0. The second-order valence-corrected chi connectivity index (χ2v) is 4.02. The first-order chi connectivity index (χ1) is 8.22. The van der Waals surface area contributed by atoms with Gasteiger partial charge in [0.05, 0.1) is 0 Å². The molecule has 0 amide bonds. The van der Waals surface area contributed by atoms with E-state index in [2.05, 4.69) is 4.98 Å². The van der Waals surface area contributed by atoms with Crippen LogP contribution in [-0.2, 0) is 0 Å². The summed E-state index contributed by atoms with van der Waals surface area (Å²) in [6.45, 7) is 0. The van der Waals surface area contributed by atoms with Crippen molar-refractivity contribution >= 4 is 12.0 Å². The van der Waals surface area contributed by atoms with E-state index in [0.717, 1.165) is 23.1 Å². The number of anilines is 1. The maximum absolute atomic E-state index is 10.9. The lowest BCUT2D eigenvalue weighted by Crippen LogP contribution is -2.07. The predicted molar refractivity (Wildman–Crippen MR) is 69.4 cm³/mol. The topological polar surface area (TPSA) is 33.2 Å². The van der Waals surface area contributed by atoms with Gasteiger partial charge in [-0.25, -0.2) is 0 Å². The molecule has 3 nitrogen and oxygen atoms in total. The Morgan fingerprint density at radius 1 is 1.12 bits per heavy atom. The van der Waals surface area contributed by atoms with E-state index in [0.29, 0.717) is 5.56 Å². The number of aldehydes is 1. The first-order valence-corrected chi connectivity index (χ1v) is 5.39. The van der Waals surface area contributed by atoms with Crippen LogP contribution in [0.5, 0.6) is 0 Å². The fraction of sp³-hybridized carbons (Fsp3) is 0.143. The number of carbonyl (C=O) groups excluding carboxylic acids is 1. The fourth-order valence-corrected chi connectivity index (χ4v) is 1.70. The first-order valence-electron chi connectivity index (χ1n) is 5.39. The summed E-state index contributed by atoms with van der Waals surface area (Å²) < 4.78 is 0. The largest absolute Gasteiger partial charge is 0.378 e. The molecule has 0 saturated carbocycles. The molecular weight excluding hydrogens is 212 g/mol. The van der Waals surface area contributed by atoms with Gasteiger partial charge in [-0.05, 0) is 29.3 Å². The van der Waals surface area contributed by atoms with Gasteiger partial charge in [0.2, 0.25) is 0 Å². The van der Waals surface area contributed by atoms with E-state index < -0.39 is 0 Å². The lowest BCUT2D eigenvalue weighted by atomic mass is 10.0. The third-order valence-corrected chi connectivity index (χ3v) is 2.67. The van der Waals surface area contributed by atoms with Crippen LogP contribution >= 0.6 is 0 Å². The summed E-state index contributed by atoms with van der Waals surface area (Å²) >= 11 is 0. The molecule has 1 aromatic carbocycles. The summed E-state index contributed by atoms with van der Waals surface area (Å²) in [5.74, 6) is 0. The lowest BCUT2D eigenvalue weighted by molar-refractivity contribution is 0.112. The zero-order valence-corrected chi connectivity index (χ0v) is 9.92. The molecule has 0 atom stereocenters. The number of nitrogens with zero attached hydrogens (tertiary/aromatic N) is 2. The van der Waals surface area contributed by atoms with Gasteiger partial charge >= 0.3 is 0 Å². The van der Waals surface area contributed by atoms with Crippen LogP contribution in [-0.4, -0.2) is 25.4 Å². The fourth-order valence-electron chi connectivity index (χ4n) is 1.70. The molecule has 0 aliphatic carbocycles. The molecule has 0 unspecified atom stereocenters. The molecule has 0 saturated heterocycles. The van der Waals surface area contributed by atoms with Gasteiger partial charge in [-0.1, -0.05) is 12.1 Å². The number of benzene rings is 1. The maximum atomic E-state index is 10.9. The molecule has 0 spiro atoms. The summed E-state index contributed by atoms with van der Waals surface area (Å²) in [6, 6.07) is 9.94. The summed E-state index contributed by atoms with van der Waals surface area (Å²) in [6.07, 6.45) is 4.12. The van der Waals surface area contributed by atoms with E-state index in [1.54, 1.807) is 12.4 Å². The van der Waals surface area contributed by atoms with Crippen molar-refractivity contribution in [3.05, 3.63) is 48.3 Å². The summed E-state index contributed by atoms with van der Waals surface area (Å²) in [5.41, 5.74) is 3.70. The van der Waals surface area contributed by atoms with Crippen molar-refractivity contribution in [2.45, 2.75) is 0 Å². The summed E-state index contributed by atoms with van der Waals surface area (Å²) in [7, 11) is 4.00. The number of rotatable bonds is 3. The second kappa shape index (κ2) is 4.78. The molecule has 0 fully saturated rings. The van der Waals surface area contributed by atoms with Crippen LogP contribution in [0, 0.1) is 0 Å². The minimum absolute atomic E-state index is 0.616. The van der Waals surface area contributed by atoms with Crippen LogP contribution in [0.25, 0.3) is 11.1 Å². The first kappa shape index (κ1) is 11.3. The number of hydrogen-bond acceptors (Lipinski definition) is 3. The van der Waals surface area contributed by atoms with E-state index >= 15 is 0 Å². The van der Waals surface area contributed by atoms with E-state index in [4.69, 9.17) is 0 Å². The van der Waals surface area contributed by atoms with E-state index in [9.17, 15) is 4.79 Å². The number of aromatic nitrogens is 1. The van der Waals surface area contributed by atoms with Crippen LogP contribution in [0.15, 0.2) is 42.7 Å². The van der Waals surface area contributed by atoms with Crippen LogP contribution in [0.1, 0.15) is 10.4 Å². The van der Waals surface area contributed by atoms with Crippen molar-refractivity contribution < 1.29 is 4.79 Å². The highest BCUT2D eigenvalue weighted by Crippen LogP contribution is 2.24. The second-order valence-electron chi connectivity index (χ2n) is 4.02. The van der Waals surface area contributed by atoms with Crippen molar-refractivity contribution in [2.75, 3.05) is 19.0 Å². The van der Waals surface area contributed by atoms with Gasteiger partial charge < -0.3 is 4.90 Å². The quantitative estimate of drug-likeness (QED) is 0.754. The molecule has 3 heteroatoms. The van der Waals surface area contributed by atoms with Gasteiger partial charge in [0, 0.05) is 37.7 Å². The molecule has 0 bridgehead atoms. The van der Waals surface area contributed by atoms with Crippen molar-refractivity contribution in [2.24, 2.45) is 0 Å². The highest BCUT2D eigenvalue weighted by atomic mass is 16.1. The van der Waals surface area contributed by atoms with Crippen LogP contribution in [0.2, 0.25) is 0 Å². The minimum Gasteiger partial charge on any atom is -0.378 e.